The van der Waals surface area contributed by atoms with E-state index in [2.05, 4.69) is 40.4 Å². The number of allylic oxidation sites excluding steroid dienone is 2. The number of ether oxygens (including phenoxy) is 1. The summed E-state index contributed by atoms with van der Waals surface area (Å²) in [5.41, 5.74) is 5.02. The maximum absolute atomic E-state index is 9.49. The van der Waals surface area contributed by atoms with E-state index in [1.54, 1.807) is 23.5 Å². The first-order valence-electron chi connectivity index (χ1n) is 9.10. The van der Waals surface area contributed by atoms with E-state index in [-0.39, 0.29) is 0 Å². The van der Waals surface area contributed by atoms with Gasteiger partial charge >= 0.3 is 0 Å². The lowest BCUT2D eigenvalue weighted by atomic mass is 9.98. The van der Waals surface area contributed by atoms with Crippen LogP contribution < -0.4 is 10.1 Å². The van der Waals surface area contributed by atoms with Crippen molar-refractivity contribution in [1.82, 2.24) is 5.32 Å². The van der Waals surface area contributed by atoms with Gasteiger partial charge < -0.3 is 15.2 Å². The first-order chi connectivity index (χ1) is 13.2. The second kappa shape index (κ2) is 9.95. The molecule has 140 valence electrons. The lowest BCUT2D eigenvalue weighted by molar-refractivity contribution is 0.318. The van der Waals surface area contributed by atoms with Gasteiger partial charge in [-0.25, -0.2) is 0 Å². The lowest BCUT2D eigenvalue weighted by Crippen LogP contribution is -2.15. The molecule has 0 bridgehead atoms. The van der Waals surface area contributed by atoms with Crippen molar-refractivity contribution in [3.63, 3.8) is 0 Å². The Kier molecular flexibility index (Phi) is 7.08. The minimum Gasteiger partial charge on any atom is -0.508 e. The van der Waals surface area contributed by atoms with Crippen molar-refractivity contribution >= 4 is 16.9 Å². The molecule has 2 N–H and O–H groups in total. The smallest absolute Gasteiger partial charge is 0.119 e. The maximum atomic E-state index is 9.49. The van der Waals surface area contributed by atoms with Crippen LogP contribution in [0, 0.1) is 0 Å². The molecule has 0 fully saturated rings. The molecule has 27 heavy (non-hydrogen) atoms. The molecular formula is C23H25NO2S. The summed E-state index contributed by atoms with van der Waals surface area (Å²) in [5, 5.41) is 16.9. The van der Waals surface area contributed by atoms with E-state index in [1.165, 1.54) is 22.3 Å². The van der Waals surface area contributed by atoms with E-state index in [4.69, 9.17) is 4.74 Å². The number of rotatable bonds is 9. The zero-order valence-corrected chi connectivity index (χ0v) is 16.3. The third-order valence-electron chi connectivity index (χ3n) is 4.35. The molecule has 0 saturated carbocycles. The molecule has 0 aliphatic carbocycles. The minimum atomic E-state index is 0.303. The fraction of sp³-hybridized carbons (Fsp3) is 0.217. The maximum Gasteiger partial charge on any atom is 0.119 e. The van der Waals surface area contributed by atoms with Crippen LogP contribution in [-0.2, 0) is 12.8 Å². The summed E-state index contributed by atoms with van der Waals surface area (Å²) in [6, 6.07) is 17.9. The quantitative estimate of drug-likeness (QED) is 0.519. The Morgan fingerprint density at radius 2 is 1.78 bits per heavy atom. The number of phenolic OH excluding ortho intramolecular Hbond substituents is 1. The predicted molar refractivity (Wildman–Crippen MR) is 114 cm³/mol. The normalized spacial score (nSPS) is 11.5. The van der Waals surface area contributed by atoms with Crippen molar-refractivity contribution in [2.45, 2.75) is 12.8 Å². The summed E-state index contributed by atoms with van der Waals surface area (Å²) in [4.78, 5) is 0. The molecule has 0 spiro atoms. The van der Waals surface area contributed by atoms with Crippen LogP contribution in [0.1, 0.15) is 16.7 Å². The summed E-state index contributed by atoms with van der Waals surface area (Å²) in [6.07, 6.45) is 4.02. The van der Waals surface area contributed by atoms with Crippen molar-refractivity contribution < 1.29 is 9.84 Å². The Labute approximate surface area is 165 Å². The molecule has 0 saturated heterocycles. The monoisotopic (exact) mass is 379 g/mol. The zero-order chi connectivity index (χ0) is 18.9. The summed E-state index contributed by atoms with van der Waals surface area (Å²) >= 11 is 1.71. The van der Waals surface area contributed by atoms with Gasteiger partial charge in [0.2, 0.25) is 0 Å². The van der Waals surface area contributed by atoms with Crippen molar-refractivity contribution in [1.29, 1.82) is 0 Å². The average Bonchev–Trinajstić information content (AvgIpc) is 3.22. The molecular weight excluding hydrogens is 354 g/mol. The van der Waals surface area contributed by atoms with Gasteiger partial charge in [-0.3, -0.25) is 0 Å². The fourth-order valence-electron chi connectivity index (χ4n) is 2.81. The van der Waals surface area contributed by atoms with Gasteiger partial charge in [0, 0.05) is 6.54 Å². The Morgan fingerprint density at radius 3 is 2.44 bits per heavy atom. The molecule has 0 aliphatic rings. The number of phenols is 1. The van der Waals surface area contributed by atoms with E-state index < -0.39 is 0 Å². The summed E-state index contributed by atoms with van der Waals surface area (Å²) in [5.74, 6) is 1.21. The van der Waals surface area contributed by atoms with Crippen LogP contribution >= 0.6 is 11.3 Å². The summed E-state index contributed by atoms with van der Waals surface area (Å²) in [6.45, 7) is 1.51. The molecule has 4 heteroatoms. The zero-order valence-electron chi connectivity index (χ0n) is 15.5. The molecule has 3 aromatic rings. The Balaban J connectivity index is 1.69. The minimum absolute atomic E-state index is 0.303. The predicted octanol–water partition coefficient (Wildman–Crippen LogP) is 4.92. The third-order valence-corrected chi connectivity index (χ3v) is 5.03. The van der Waals surface area contributed by atoms with Crippen molar-refractivity contribution in [3.05, 3.63) is 88.1 Å². The first-order valence-corrected chi connectivity index (χ1v) is 10.0. The van der Waals surface area contributed by atoms with Gasteiger partial charge in [0.05, 0.1) is 0 Å². The number of nitrogens with one attached hydrogen (secondary N) is 1. The summed E-state index contributed by atoms with van der Waals surface area (Å²) in [7, 11) is 1.92. The molecule has 0 amide bonds. The number of benzene rings is 2. The highest BCUT2D eigenvalue weighted by molar-refractivity contribution is 7.08. The second-order valence-corrected chi connectivity index (χ2v) is 7.16. The van der Waals surface area contributed by atoms with Crippen LogP contribution in [0.2, 0.25) is 0 Å². The average molecular weight is 380 g/mol. The first kappa shape index (κ1) is 19.2. The van der Waals surface area contributed by atoms with Crippen LogP contribution in [0.15, 0.2) is 71.4 Å². The molecule has 0 unspecified atom stereocenters. The highest BCUT2D eigenvalue weighted by atomic mass is 32.1. The fourth-order valence-corrected chi connectivity index (χ4v) is 3.49. The van der Waals surface area contributed by atoms with E-state index in [9.17, 15) is 5.11 Å². The molecule has 1 aromatic heterocycles. The number of thiophene rings is 1. The molecule has 0 atom stereocenters. The SMILES string of the molecule is CNCCOc1ccc(CC=C(Cc2ccc(O)cc2)c2ccsc2)cc1. The van der Waals surface area contributed by atoms with Gasteiger partial charge in [0.15, 0.2) is 0 Å². The topological polar surface area (TPSA) is 41.5 Å². The third kappa shape index (κ3) is 5.98. The van der Waals surface area contributed by atoms with Crippen molar-refractivity contribution in [2.24, 2.45) is 0 Å². The summed E-state index contributed by atoms with van der Waals surface area (Å²) < 4.78 is 5.68. The lowest BCUT2D eigenvalue weighted by Gasteiger charge is -2.08. The van der Waals surface area contributed by atoms with Crippen LogP contribution in [0.25, 0.3) is 5.57 Å². The van der Waals surface area contributed by atoms with E-state index in [1.807, 2.05) is 31.3 Å². The van der Waals surface area contributed by atoms with Gasteiger partial charge in [-0.2, -0.15) is 11.3 Å². The highest BCUT2D eigenvalue weighted by Crippen LogP contribution is 2.24. The van der Waals surface area contributed by atoms with Gasteiger partial charge in [-0.15, -0.1) is 0 Å². The van der Waals surface area contributed by atoms with E-state index in [0.29, 0.717) is 12.4 Å². The van der Waals surface area contributed by atoms with Crippen LogP contribution in [0.5, 0.6) is 11.5 Å². The Morgan fingerprint density at radius 1 is 1.04 bits per heavy atom. The van der Waals surface area contributed by atoms with Gasteiger partial charge in [-0.1, -0.05) is 30.3 Å². The van der Waals surface area contributed by atoms with Gasteiger partial charge in [0.1, 0.15) is 18.1 Å². The molecule has 2 aromatic carbocycles. The number of likely N-dealkylation sites (N-methyl/N-ethyl adjacent to an activating group) is 1. The second-order valence-electron chi connectivity index (χ2n) is 6.38. The Hall–Kier alpha value is -2.56. The number of aromatic hydroxyl groups is 1. The van der Waals surface area contributed by atoms with Crippen LogP contribution in [0.3, 0.4) is 0 Å². The largest absolute Gasteiger partial charge is 0.508 e. The molecule has 0 radical (unpaired) electrons. The molecule has 0 aliphatic heterocycles. The number of hydrogen-bond acceptors (Lipinski definition) is 4. The molecule has 1 heterocycles. The van der Waals surface area contributed by atoms with Crippen LogP contribution in [-0.4, -0.2) is 25.3 Å². The highest BCUT2D eigenvalue weighted by Gasteiger charge is 2.05. The van der Waals surface area contributed by atoms with Gasteiger partial charge in [-0.05, 0) is 83.2 Å². The standard InChI is InChI=1S/C23H25NO2S/c1-24-13-14-26-23-10-5-18(6-11-23)2-7-20(21-12-15-27-17-21)16-19-3-8-22(25)9-4-19/h3-12,15,17,24-25H,2,13-14,16H2,1H3. The Bertz CT molecular complexity index is 837. The van der Waals surface area contributed by atoms with Gasteiger partial charge in [0.25, 0.3) is 0 Å². The van der Waals surface area contributed by atoms with Crippen molar-refractivity contribution in [3.8, 4) is 11.5 Å². The van der Waals surface area contributed by atoms with Crippen LogP contribution in [0.4, 0.5) is 0 Å². The van der Waals surface area contributed by atoms with E-state index >= 15 is 0 Å². The van der Waals surface area contributed by atoms with Crippen molar-refractivity contribution in [2.75, 3.05) is 20.2 Å². The van der Waals surface area contributed by atoms with E-state index in [0.717, 1.165) is 25.1 Å². The molecule has 3 nitrogen and oxygen atoms in total. The number of hydrogen-bond donors (Lipinski definition) is 2. The molecule has 3 rings (SSSR count).